The molecule has 0 radical (unpaired) electrons. The van der Waals surface area contributed by atoms with Crippen molar-refractivity contribution in [3.63, 3.8) is 0 Å². The fourth-order valence-corrected chi connectivity index (χ4v) is 5.57. The average Bonchev–Trinajstić information content (AvgIpc) is 3.38. The molecule has 0 N–H and O–H groups in total. The van der Waals surface area contributed by atoms with Crippen molar-refractivity contribution in [2.24, 2.45) is 5.16 Å². The number of ether oxygens (including phenoxy) is 1. The quantitative estimate of drug-likeness (QED) is 0.206. The van der Waals surface area contributed by atoms with Crippen LogP contribution in [0.3, 0.4) is 0 Å². The number of methoxy groups -OCH3 is 1. The highest BCUT2D eigenvalue weighted by Gasteiger charge is 2.42. The first-order valence-corrected chi connectivity index (χ1v) is 16.2. The molecule has 2 aliphatic heterocycles. The van der Waals surface area contributed by atoms with E-state index in [1.165, 1.54) is 17.2 Å². The standard InChI is InChI=1S/C28H31FN4O.C6H3F3.C2H6O.C2H6/c1-4-28(26-13-11-24(29)15-20(26)2)18-32-14-6-8-23(27(32)31-34-28)16-22-7-5-9-25(12-10-22)33-17-21(3)30-19-33;7-4-2-1-3-5(8)6(4)9;1-3-2;1-2/h5,9-13,15-17,19H,4,6-8,14,18H2,1-3H3;1-3H;1-2H3;1-2H3/b23-16+;;;. The van der Waals surface area contributed by atoms with Crippen molar-refractivity contribution >= 4 is 11.5 Å². The number of piperidine rings is 1. The summed E-state index contributed by atoms with van der Waals surface area (Å²) in [7, 11) is 3.25. The van der Waals surface area contributed by atoms with Crippen LogP contribution in [0.5, 0.6) is 0 Å². The van der Waals surface area contributed by atoms with E-state index < -0.39 is 23.1 Å². The largest absolute Gasteiger partial charge is 0.388 e. The second-order valence-electron chi connectivity index (χ2n) is 11.3. The Morgan fingerprint density at radius 1 is 1.02 bits per heavy atom. The molecule has 1 saturated heterocycles. The van der Waals surface area contributed by atoms with E-state index in [0.717, 1.165) is 85.3 Å². The molecule has 0 bridgehead atoms. The van der Waals surface area contributed by atoms with Gasteiger partial charge in [0.1, 0.15) is 5.82 Å². The summed E-state index contributed by atoms with van der Waals surface area (Å²) in [5, 5.41) is 4.66. The first-order chi connectivity index (χ1) is 23.1. The van der Waals surface area contributed by atoms with Gasteiger partial charge in [-0.25, -0.2) is 22.5 Å². The smallest absolute Gasteiger partial charge is 0.194 e. The Balaban J connectivity index is 0.000000376. The third kappa shape index (κ3) is 9.56. The number of rotatable bonds is 4. The monoisotopic (exact) mass is 666 g/mol. The maximum Gasteiger partial charge on any atom is 0.194 e. The molecule has 3 aliphatic rings. The van der Waals surface area contributed by atoms with E-state index in [0.29, 0.717) is 0 Å². The molecule has 3 aromatic rings. The zero-order chi connectivity index (χ0) is 35.3. The lowest BCUT2D eigenvalue weighted by molar-refractivity contribution is -0.0827. The van der Waals surface area contributed by atoms with Crippen LogP contribution in [-0.4, -0.2) is 47.6 Å². The van der Waals surface area contributed by atoms with Crippen LogP contribution in [0.2, 0.25) is 0 Å². The Kier molecular flexibility index (Phi) is 14.4. The lowest BCUT2D eigenvalue weighted by Crippen LogP contribution is -2.51. The summed E-state index contributed by atoms with van der Waals surface area (Å²) < 4.78 is 55.9. The number of hydrogen-bond donors (Lipinski definition) is 0. The van der Waals surface area contributed by atoms with Gasteiger partial charge in [-0.15, -0.1) is 0 Å². The Labute approximate surface area is 281 Å². The van der Waals surface area contributed by atoms with Crippen LogP contribution in [0.1, 0.15) is 63.3 Å². The highest BCUT2D eigenvalue weighted by Crippen LogP contribution is 2.38. The normalized spacial score (nSPS) is 19.0. The van der Waals surface area contributed by atoms with E-state index in [1.807, 2.05) is 50.9 Å². The fourth-order valence-electron chi connectivity index (χ4n) is 5.57. The maximum atomic E-state index is 13.7. The zero-order valence-electron chi connectivity index (χ0n) is 28.9. The Morgan fingerprint density at radius 3 is 2.33 bits per heavy atom. The summed E-state index contributed by atoms with van der Waals surface area (Å²) in [6.45, 7) is 11.7. The molecule has 1 atom stereocenters. The van der Waals surface area contributed by atoms with E-state index >= 15 is 0 Å². The minimum atomic E-state index is -1.42. The molecule has 2 aromatic carbocycles. The molecule has 258 valence electrons. The van der Waals surface area contributed by atoms with Gasteiger partial charge in [0.25, 0.3) is 0 Å². The Hall–Kier alpha value is -4.44. The molecule has 48 heavy (non-hydrogen) atoms. The minimum absolute atomic E-state index is 0.221. The van der Waals surface area contributed by atoms with Gasteiger partial charge in [0.2, 0.25) is 0 Å². The van der Waals surface area contributed by atoms with E-state index in [2.05, 4.69) is 57.1 Å². The van der Waals surface area contributed by atoms with Crippen LogP contribution in [0.15, 0.2) is 95.6 Å². The zero-order valence-corrected chi connectivity index (χ0v) is 28.9. The molecule has 1 fully saturated rings. The topological polar surface area (TPSA) is 51.9 Å². The minimum Gasteiger partial charge on any atom is -0.388 e. The molecule has 1 unspecified atom stereocenters. The van der Waals surface area contributed by atoms with E-state index in [1.54, 1.807) is 20.3 Å². The second-order valence-corrected chi connectivity index (χ2v) is 11.3. The van der Waals surface area contributed by atoms with Crippen molar-refractivity contribution < 1.29 is 27.1 Å². The Morgan fingerprint density at radius 2 is 1.73 bits per heavy atom. The molecule has 0 saturated carbocycles. The number of aryl methyl sites for hydroxylation is 2. The van der Waals surface area contributed by atoms with Crippen molar-refractivity contribution in [2.75, 3.05) is 27.3 Å². The highest BCUT2D eigenvalue weighted by atomic mass is 19.2. The molecular weight excluding hydrogens is 620 g/mol. The maximum absolute atomic E-state index is 13.7. The predicted octanol–water partition coefficient (Wildman–Crippen LogP) is 9.43. The van der Waals surface area contributed by atoms with Crippen molar-refractivity contribution in [3.05, 3.63) is 131 Å². The van der Waals surface area contributed by atoms with Crippen molar-refractivity contribution in [1.29, 1.82) is 0 Å². The number of allylic oxidation sites excluding steroid dienone is 7. The summed E-state index contributed by atoms with van der Waals surface area (Å²) >= 11 is 0. The fraction of sp³-hybridized carbons (Fsp3) is 0.368. The first-order valence-electron chi connectivity index (χ1n) is 16.2. The first kappa shape index (κ1) is 38.0. The third-order valence-electron chi connectivity index (χ3n) is 7.85. The average molecular weight is 667 g/mol. The number of fused-ring (bicyclic) bond motifs is 1. The number of aromatic nitrogens is 2. The third-order valence-corrected chi connectivity index (χ3v) is 7.85. The van der Waals surface area contributed by atoms with Gasteiger partial charge in [0.05, 0.1) is 18.6 Å². The van der Waals surface area contributed by atoms with Crippen LogP contribution >= 0.6 is 0 Å². The van der Waals surface area contributed by atoms with Crippen LogP contribution in [0.4, 0.5) is 17.6 Å². The van der Waals surface area contributed by atoms with Gasteiger partial charge in [-0.2, -0.15) is 0 Å². The number of nitrogens with zero attached hydrogens (tertiary/aromatic N) is 4. The number of amidine groups is 1. The molecule has 6 rings (SSSR count). The lowest BCUT2D eigenvalue weighted by atomic mass is 9.85. The van der Waals surface area contributed by atoms with Gasteiger partial charge in [0.15, 0.2) is 28.9 Å². The second kappa shape index (κ2) is 18.2. The van der Waals surface area contributed by atoms with Crippen LogP contribution in [0, 0.1) is 37.1 Å². The SMILES string of the molecule is CC.CCC1(c2ccc(F)cc2C)CN2CCC/C(=C\C3=CC=C(n4cnc(C)c4)C=CC3)C2=NO1.COC.Fc1cccc(F)c1F. The van der Waals surface area contributed by atoms with Crippen molar-refractivity contribution in [3.8, 4) is 0 Å². The van der Waals surface area contributed by atoms with Crippen LogP contribution in [0.25, 0.3) is 5.70 Å². The van der Waals surface area contributed by atoms with Gasteiger partial charge in [0, 0.05) is 38.2 Å². The lowest BCUT2D eigenvalue weighted by Gasteiger charge is -2.44. The molecule has 1 aliphatic carbocycles. The summed E-state index contributed by atoms with van der Waals surface area (Å²) in [6, 6.07) is 7.77. The number of oxime groups is 1. The van der Waals surface area contributed by atoms with E-state index in [-0.39, 0.29) is 5.82 Å². The molecule has 6 nitrogen and oxygen atoms in total. The number of hydrogen-bond acceptors (Lipinski definition) is 5. The van der Waals surface area contributed by atoms with E-state index in [4.69, 9.17) is 4.84 Å². The number of halogens is 4. The molecule has 0 spiro atoms. The van der Waals surface area contributed by atoms with Gasteiger partial charge < -0.3 is 19.0 Å². The van der Waals surface area contributed by atoms with Crippen molar-refractivity contribution in [1.82, 2.24) is 14.5 Å². The molecule has 3 heterocycles. The number of benzene rings is 2. The summed E-state index contributed by atoms with van der Waals surface area (Å²) in [5.74, 6) is -3.03. The molecule has 10 heteroatoms. The van der Waals surface area contributed by atoms with Gasteiger partial charge in [-0.1, -0.05) is 56.3 Å². The summed E-state index contributed by atoms with van der Waals surface area (Å²) in [6.07, 6.45) is 18.5. The summed E-state index contributed by atoms with van der Waals surface area (Å²) in [4.78, 5) is 12.9. The van der Waals surface area contributed by atoms with E-state index in [9.17, 15) is 17.6 Å². The molecular formula is C38H46F4N4O2. The van der Waals surface area contributed by atoms with Gasteiger partial charge in [-0.05, 0) is 92.7 Å². The van der Waals surface area contributed by atoms with Crippen LogP contribution < -0.4 is 0 Å². The van der Waals surface area contributed by atoms with Crippen molar-refractivity contribution in [2.45, 2.75) is 65.9 Å². The Bertz CT molecular complexity index is 1650. The summed E-state index contributed by atoms with van der Waals surface area (Å²) in [5.41, 5.74) is 5.90. The predicted molar refractivity (Wildman–Crippen MR) is 184 cm³/mol. The molecule has 0 amide bonds. The van der Waals surface area contributed by atoms with Crippen LogP contribution in [-0.2, 0) is 15.2 Å². The number of imidazole rings is 1. The molecule has 1 aromatic heterocycles. The van der Waals surface area contributed by atoms with Gasteiger partial charge in [-0.3, -0.25) is 0 Å². The highest BCUT2D eigenvalue weighted by molar-refractivity contribution is 5.99. The van der Waals surface area contributed by atoms with Gasteiger partial charge >= 0.3 is 0 Å².